The third-order valence-corrected chi connectivity index (χ3v) is 1.48. The molecule has 1 rings (SSSR count). The van der Waals surface area contributed by atoms with Crippen molar-refractivity contribution in [1.29, 1.82) is 0 Å². The number of nitrogens with zero attached hydrogens (tertiary/aromatic N) is 1. The van der Waals surface area contributed by atoms with Crippen molar-refractivity contribution in [3.63, 3.8) is 0 Å². The Labute approximate surface area is 63.8 Å². The molecule has 0 aliphatic carbocycles. The van der Waals surface area contributed by atoms with Gasteiger partial charge in [-0.1, -0.05) is 17.7 Å². The van der Waals surface area contributed by atoms with E-state index in [9.17, 15) is 4.79 Å². The van der Waals surface area contributed by atoms with E-state index in [4.69, 9.17) is 11.6 Å². The van der Waals surface area contributed by atoms with Gasteiger partial charge in [-0.25, -0.2) is 4.98 Å². The van der Waals surface area contributed by atoms with Crippen LogP contribution in [0.1, 0.15) is 5.56 Å². The summed E-state index contributed by atoms with van der Waals surface area (Å²) >= 11 is 5.63. The average molecular weight is 156 g/mol. The van der Waals surface area contributed by atoms with Gasteiger partial charge in [0.25, 0.3) is 0 Å². The summed E-state index contributed by atoms with van der Waals surface area (Å²) in [5, 5.41) is 0.412. The van der Waals surface area contributed by atoms with Crippen molar-refractivity contribution in [3.05, 3.63) is 29.0 Å². The number of pyridine rings is 1. The van der Waals surface area contributed by atoms with Gasteiger partial charge < -0.3 is 4.79 Å². The molecule has 0 saturated carbocycles. The number of halogens is 1. The van der Waals surface area contributed by atoms with Gasteiger partial charge in [0.05, 0.1) is 0 Å². The molecular weight excluding hydrogens is 150 g/mol. The molecule has 0 aliphatic rings. The van der Waals surface area contributed by atoms with Crippen LogP contribution in [0.4, 0.5) is 0 Å². The van der Waals surface area contributed by atoms with Crippen LogP contribution in [0.25, 0.3) is 0 Å². The fourth-order valence-electron chi connectivity index (χ4n) is 0.661. The molecule has 0 amide bonds. The first-order valence-corrected chi connectivity index (χ1v) is 3.25. The lowest BCUT2D eigenvalue weighted by atomic mass is 10.2. The summed E-state index contributed by atoms with van der Waals surface area (Å²) in [6, 6.07) is 3.54. The summed E-state index contributed by atoms with van der Waals surface area (Å²) in [5.74, 6) is 0. The molecule has 1 aromatic rings. The van der Waals surface area contributed by atoms with Gasteiger partial charge in [0.15, 0.2) is 0 Å². The highest BCUT2D eigenvalue weighted by molar-refractivity contribution is 6.30. The number of rotatable bonds is 2. The summed E-state index contributed by atoms with van der Waals surface area (Å²) < 4.78 is 0. The SMILES string of the molecule is O=CCc1cccnc1Cl. The van der Waals surface area contributed by atoms with E-state index in [1.54, 1.807) is 18.3 Å². The van der Waals surface area contributed by atoms with E-state index in [0.717, 1.165) is 11.8 Å². The van der Waals surface area contributed by atoms with Gasteiger partial charge in [0.1, 0.15) is 11.4 Å². The molecule has 0 aromatic carbocycles. The van der Waals surface area contributed by atoms with Crippen LogP contribution in [0.3, 0.4) is 0 Å². The van der Waals surface area contributed by atoms with Crippen LogP contribution in [0.5, 0.6) is 0 Å². The van der Waals surface area contributed by atoms with Crippen molar-refractivity contribution in [2.75, 3.05) is 0 Å². The molecule has 2 nitrogen and oxygen atoms in total. The van der Waals surface area contributed by atoms with Crippen molar-refractivity contribution in [1.82, 2.24) is 4.98 Å². The molecule has 0 aliphatic heterocycles. The lowest BCUT2D eigenvalue weighted by molar-refractivity contribution is -0.107. The number of aldehydes is 1. The van der Waals surface area contributed by atoms with Gasteiger partial charge >= 0.3 is 0 Å². The zero-order valence-corrected chi connectivity index (χ0v) is 6.01. The summed E-state index contributed by atoms with van der Waals surface area (Å²) in [5.41, 5.74) is 0.777. The Morgan fingerprint density at radius 3 is 3.10 bits per heavy atom. The molecule has 0 bridgehead atoms. The first-order chi connectivity index (χ1) is 4.84. The lowest BCUT2D eigenvalue weighted by Crippen LogP contribution is -1.88. The van der Waals surface area contributed by atoms with Crippen LogP contribution in [0.15, 0.2) is 18.3 Å². The van der Waals surface area contributed by atoms with Gasteiger partial charge in [-0.15, -0.1) is 0 Å². The van der Waals surface area contributed by atoms with Gasteiger partial charge in [-0.05, 0) is 11.6 Å². The minimum Gasteiger partial charge on any atom is -0.303 e. The topological polar surface area (TPSA) is 30.0 Å². The Morgan fingerprint density at radius 2 is 2.50 bits per heavy atom. The fraction of sp³-hybridized carbons (Fsp3) is 0.143. The smallest absolute Gasteiger partial charge is 0.132 e. The Hall–Kier alpha value is -0.890. The van der Waals surface area contributed by atoms with E-state index >= 15 is 0 Å². The number of carbonyl (C=O) groups excluding carboxylic acids is 1. The van der Waals surface area contributed by atoms with E-state index in [1.807, 2.05) is 0 Å². The zero-order chi connectivity index (χ0) is 7.40. The molecule has 0 fully saturated rings. The maximum Gasteiger partial charge on any atom is 0.132 e. The van der Waals surface area contributed by atoms with Crippen LogP contribution < -0.4 is 0 Å². The fourth-order valence-corrected chi connectivity index (χ4v) is 0.858. The molecule has 1 aromatic heterocycles. The monoisotopic (exact) mass is 155 g/mol. The van der Waals surface area contributed by atoms with Crippen LogP contribution in [-0.4, -0.2) is 11.3 Å². The van der Waals surface area contributed by atoms with E-state index in [2.05, 4.69) is 4.98 Å². The molecule has 3 heteroatoms. The van der Waals surface area contributed by atoms with Gasteiger partial charge in [-0.2, -0.15) is 0 Å². The van der Waals surface area contributed by atoms with Crippen LogP contribution >= 0.6 is 11.6 Å². The predicted octanol–water partition coefficient (Wildman–Crippen LogP) is 1.48. The molecule has 0 saturated heterocycles. The number of aromatic nitrogens is 1. The normalized spacial score (nSPS) is 9.30. The largest absolute Gasteiger partial charge is 0.303 e. The van der Waals surface area contributed by atoms with Crippen molar-refractivity contribution < 1.29 is 4.79 Å². The van der Waals surface area contributed by atoms with Gasteiger partial charge in [0, 0.05) is 12.6 Å². The van der Waals surface area contributed by atoms with Gasteiger partial charge in [-0.3, -0.25) is 0 Å². The van der Waals surface area contributed by atoms with E-state index < -0.39 is 0 Å². The third kappa shape index (κ3) is 1.54. The van der Waals surface area contributed by atoms with Crippen molar-refractivity contribution in [3.8, 4) is 0 Å². The van der Waals surface area contributed by atoms with Crippen molar-refractivity contribution in [2.24, 2.45) is 0 Å². The van der Waals surface area contributed by atoms with E-state index in [1.165, 1.54) is 0 Å². The highest BCUT2D eigenvalue weighted by Gasteiger charge is 1.96. The number of carbonyl (C=O) groups is 1. The molecule has 0 atom stereocenters. The minimum atomic E-state index is 0.340. The quantitative estimate of drug-likeness (QED) is 0.478. The second-order valence-corrected chi connectivity index (χ2v) is 2.18. The summed E-state index contributed by atoms with van der Waals surface area (Å²) in [7, 11) is 0. The predicted molar refractivity (Wildman–Crippen MR) is 39.0 cm³/mol. The second-order valence-electron chi connectivity index (χ2n) is 1.82. The van der Waals surface area contributed by atoms with Crippen molar-refractivity contribution in [2.45, 2.75) is 6.42 Å². The first kappa shape index (κ1) is 7.22. The Kier molecular flexibility index (Phi) is 2.40. The highest BCUT2D eigenvalue weighted by atomic mass is 35.5. The van der Waals surface area contributed by atoms with Crippen LogP contribution in [0.2, 0.25) is 5.15 Å². The molecule has 1 heterocycles. The van der Waals surface area contributed by atoms with E-state index in [-0.39, 0.29) is 0 Å². The molecule has 10 heavy (non-hydrogen) atoms. The third-order valence-electron chi connectivity index (χ3n) is 1.14. The molecule has 0 N–H and O–H groups in total. The maximum atomic E-state index is 10.0. The minimum absolute atomic E-state index is 0.340. The van der Waals surface area contributed by atoms with Crippen LogP contribution in [0, 0.1) is 0 Å². The summed E-state index contributed by atoms with van der Waals surface area (Å²) in [4.78, 5) is 13.8. The highest BCUT2D eigenvalue weighted by Crippen LogP contribution is 2.10. The van der Waals surface area contributed by atoms with Crippen LogP contribution in [-0.2, 0) is 11.2 Å². The van der Waals surface area contributed by atoms with Crippen molar-refractivity contribution >= 4 is 17.9 Å². The zero-order valence-electron chi connectivity index (χ0n) is 5.25. The summed E-state index contributed by atoms with van der Waals surface area (Å²) in [6.07, 6.45) is 2.74. The maximum absolute atomic E-state index is 10.0. The first-order valence-electron chi connectivity index (χ1n) is 2.87. The Bertz CT molecular complexity index is 237. The molecule has 0 spiro atoms. The summed E-state index contributed by atoms with van der Waals surface area (Å²) in [6.45, 7) is 0. The number of hydrogen-bond donors (Lipinski definition) is 0. The Balaban J connectivity index is 2.91. The molecular formula is C7H6ClNO. The molecule has 0 unspecified atom stereocenters. The van der Waals surface area contributed by atoms with Gasteiger partial charge in [0.2, 0.25) is 0 Å². The Morgan fingerprint density at radius 1 is 1.70 bits per heavy atom. The molecule has 52 valence electrons. The van der Waals surface area contributed by atoms with E-state index in [0.29, 0.717) is 11.6 Å². The lowest BCUT2D eigenvalue weighted by Gasteiger charge is -1.94. The standard InChI is InChI=1S/C7H6ClNO/c8-7-6(3-5-10)2-1-4-9-7/h1-2,4-5H,3H2. The second kappa shape index (κ2) is 3.32. The average Bonchev–Trinajstić information content (AvgIpc) is 1.94. The number of hydrogen-bond acceptors (Lipinski definition) is 2. The molecule has 0 radical (unpaired) electrons.